The van der Waals surface area contributed by atoms with Crippen LogP contribution in [0.4, 0.5) is 10.1 Å². The molecule has 0 bridgehead atoms. The highest BCUT2D eigenvalue weighted by Gasteiger charge is 2.18. The Morgan fingerprint density at radius 3 is 2.86 bits per heavy atom. The van der Waals surface area contributed by atoms with Crippen molar-refractivity contribution in [3.8, 4) is 0 Å². The summed E-state index contributed by atoms with van der Waals surface area (Å²) < 4.78 is 12.8. The average molecular weight is 215 g/mol. The van der Waals surface area contributed by atoms with Crippen LogP contribution in [0.25, 0.3) is 0 Å². The lowest BCUT2D eigenvalue weighted by Gasteiger charge is -2.08. The SMILES string of the molecule is Cc1cccc(SC(F)C(=O)O)c1N. The molecule has 3 N–H and O–H groups in total. The van der Waals surface area contributed by atoms with E-state index in [-0.39, 0.29) is 0 Å². The number of anilines is 1. The number of hydrogen-bond acceptors (Lipinski definition) is 3. The van der Waals surface area contributed by atoms with Crippen LogP contribution in [0.3, 0.4) is 0 Å². The van der Waals surface area contributed by atoms with E-state index in [1.54, 1.807) is 25.1 Å². The zero-order chi connectivity index (χ0) is 10.7. The Morgan fingerprint density at radius 2 is 2.29 bits per heavy atom. The second-order valence-electron chi connectivity index (χ2n) is 2.76. The topological polar surface area (TPSA) is 63.3 Å². The molecule has 0 heterocycles. The number of benzene rings is 1. The molecule has 0 saturated heterocycles. The summed E-state index contributed by atoms with van der Waals surface area (Å²) in [5.41, 5.74) is 4.92. The highest BCUT2D eigenvalue weighted by Crippen LogP contribution is 2.31. The van der Waals surface area contributed by atoms with Crippen molar-refractivity contribution in [3.05, 3.63) is 23.8 Å². The van der Waals surface area contributed by atoms with Crippen LogP contribution in [0.1, 0.15) is 5.56 Å². The summed E-state index contributed by atoms with van der Waals surface area (Å²) in [6.07, 6.45) is 0. The fraction of sp³-hybridized carbons (Fsp3) is 0.222. The third kappa shape index (κ3) is 2.38. The maximum absolute atomic E-state index is 12.8. The molecule has 5 heteroatoms. The number of para-hydroxylation sites is 1. The molecule has 76 valence electrons. The van der Waals surface area contributed by atoms with Crippen molar-refractivity contribution < 1.29 is 14.3 Å². The van der Waals surface area contributed by atoms with E-state index in [1.807, 2.05) is 0 Å². The summed E-state index contributed by atoms with van der Waals surface area (Å²) in [5.74, 6) is -1.49. The summed E-state index contributed by atoms with van der Waals surface area (Å²) in [6, 6.07) is 5.10. The number of hydrogen-bond donors (Lipinski definition) is 2. The van der Waals surface area contributed by atoms with Gasteiger partial charge in [-0.1, -0.05) is 23.9 Å². The molecule has 1 aromatic rings. The standard InChI is InChI=1S/C9H10FNO2S/c1-5-3-2-4-6(7(5)11)14-8(10)9(12)13/h2-4,8H,11H2,1H3,(H,12,13). The van der Waals surface area contributed by atoms with Crippen LogP contribution in [-0.4, -0.2) is 16.6 Å². The summed E-state index contributed by atoms with van der Waals surface area (Å²) >= 11 is 0.601. The highest BCUT2D eigenvalue weighted by molar-refractivity contribution is 8.00. The first kappa shape index (κ1) is 10.8. The minimum absolute atomic E-state index is 0.432. The Hall–Kier alpha value is -1.23. The highest BCUT2D eigenvalue weighted by atomic mass is 32.2. The number of carboxylic acid groups (broad SMARTS) is 1. The Balaban J connectivity index is 2.87. The summed E-state index contributed by atoms with van der Waals surface area (Å²) in [7, 11) is 0. The Labute approximate surface area is 85.1 Å². The van der Waals surface area contributed by atoms with Gasteiger partial charge >= 0.3 is 5.97 Å². The number of aliphatic carboxylic acids is 1. The predicted octanol–water partition coefficient (Wildman–Crippen LogP) is 2.05. The summed E-state index contributed by atoms with van der Waals surface area (Å²) in [5, 5.41) is 8.37. The van der Waals surface area contributed by atoms with Gasteiger partial charge in [-0.3, -0.25) is 0 Å². The Morgan fingerprint density at radius 1 is 1.64 bits per heavy atom. The van der Waals surface area contributed by atoms with Gasteiger partial charge in [0.25, 0.3) is 0 Å². The molecule has 0 radical (unpaired) electrons. The van der Waals surface area contributed by atoms with E-state index in [0.717, 1.165) is 5.56 Å². The van der Waals surface area contributed by atoms with Gasteiger partial charge in [-0.25, -0.2) is 9.18 Å². The van der Waals surface area contributed by atoms with Gasteiger partial charge in [-0.05, 0) is 18.6 Å². The lowest BCUT2D eigenvalue weighted by molar-refractivity contribution is -0.139. The monoisotopic (exact) mass is 215 g/mol. The van der Waals surface area contributed by atoms with Crippen molar-refractivity contribution >= 4 is 23.4 Å². The molecule has 0 aliphatic carbocycles. The molecule has 0 amide bonds. The lowest BCUT2D eigenvalue weighted by atomic mass is 10.2. The molecular weight excluding hydrogens is 205 g/mol. The van der Waals surface area contributed by atoms with Crippen LogP contribution in [-0.2, 0) is 4.79 Å². The quantitative estimate of drug-likeness (QED) is 0.598. The smallest absolute Gasteiger partial charge is 0.349 e. The lowest BCUT2D eigenvalue weighted by Crippen LogP contribution is -2.10. The van der Waals surface area contributed by atoms with Crippen molar-refractivity contribution in [1.82, 2.24) is 0 Å². The number of aryl methyl sites for hydroxylation is 1. The third-order valence-corrected chi connectivity index (χ3v) is 2.73. The van der Waals surface area contributed by atoms with Gasteiger partial charge in [0.05, 0.1) is 0 Å². The van der Waals surface area contributed by atoms with E-state index in [4.69, 9.17) is 10.8 Å². The number of alkyl halides is 1. The Kier molecular flexibility index (Phi) is 3.35. The average Bonchev–Trinajstić information content (AvgIpc) is 2.12. The number of nitrogens with two attached hydrogens (primary N) is 1. The van der Waals surface area contributed by atoms with Gasteiger partial charge in [-0.2, -0.15) is 0 Å². The molecule has 0 aromatic heterocycles. The second-order valence-corrected chi connectivity index (χ2v) is 3.85. The molecular formula is C9H10FNO2S. The minimum Gasteiger partial charge on any atom is -0.478 e. The fourth-order valence-corrected chi connectivity index (χ4v) is 1.69. The first-order chi connectivity index (χ1) is 6.52. The zero-order valence-electron chi connectivity index (χ0n) is 7.53. The van der Waals surface area contributed by atoms with Crippen molar-refractivity contribution in [2.75, 3.05) is 5.73 Å². The number of carbonyl (C=O) groups is 1. The summed E-state index contributed by atoms with van der Waals surface area (Å²) in [6.45, 7) is 1.79. The predicted molar refractivity (Wildman–Crippen MR) is 54.0 cm³/mol. The largest absolute Gasteiger partial charge is 0.478 e. The second kappa shape index (κ2) is 4.32. The molecule has 0 aliphatic rings. The first-order valence-electron chi connectivity index (χ1n) is 3.91. The molecule has 1 aromatic carbocycles. The third-order valence-electron chi connectivity index (χ3n) is 1.71. The van der Waals surface area contributed by atoms with E-state index in [2.05, 4.69) is 0 Å². The van der Waals surface area contributed by atoms with E-state index in [0.29, 0.717) is 22.3 Å². The van der Waals surface area contributed by atoms with Gasteiger partial charge in [0.15, 0.2) is 0 Å². The normalized spacial score (nSPS) is 12.4. The molecule has 0 aliphatic heterocycles. The van der Waals surface area contributed by atoms with Crippen molar-refractivity contribution in [3.63, 3.8) is 0 Å². The van der Waals surface area contributed by atoms with E-state index >= 15 is 0 Å². The number of rotatable bonds is 3. The van der Waals surface area contributed by atoms with Gasteiger partial charge in [0, 0.05) is 10.6 Å². The number of halogens is 1. The summed E-state index contributed by atoms with van der Waals surface area (Å²) in [4.78, 5) is 10.7. The van der Waals surface area contributed by atoms with Gasteiger partial charge < -0.3 is 10.8 Å². The van der Waals surface area contributed by atoms with Crippen molar-refractivity contribution in [2.24, 2.45) is 0 Å². The Bertz CT molecular complexity index is 357. The number of carboxylic acids is 1. The number of nitrogen functional groups attached to an aromatic ring is 1. The van der Waals surface area contributed by atoms with Gasteiger partial charge in [0.1, 0.15) is 0 Å². The van der Waals surface area contributed by atoms with Crippen LogP contribution in [0.15, 0.2) is 23.1 Å². The fourth-order valence-electron chi connectivity index (χ4n) is 0.918. The van der Waals surface area contributed by atoms with Crippen molar-refractivity contribution in [2.45, 2.75) is 17.3 Å². The molecule has 3 nitrogen and oxygen atoms in total. The van der Waals surface area contributed by atoms with Crippen LogP contribution >= 0.6 is 11.8 Å². The van der Waals surface area contributed by atoms with Crippen LogP contribution in [0, 0.1) is 6.92 Å². The van der Waals surface area contributed by atoms with Crippen LogP contribution in [0.5, 0.6) is 0 Å². The van der Waals surface area contributed by atoms with E-state index in [1.165, 1.54) is 0 Å². The number of thioether (sulfide) groups is 1. The molecule has 0 spiro atoms. The zero-order valence-corrected chi connectivity index (χ0v) is 8.34. The molecule has 0 fully saturated rings. The van der Waals surface area contributed by atoms with E-state index in [9.17, 15) is 9.18 Å². The maximum Gasteiger partial charge on any atom is 0.349 e. The minimum atomic E-state index is -1.97. The maximum atomic E-state index is 12.8. The van der Waals surface area contributed by atoms with Crippen molar-refractivity contribution in [1.29, 1.82) is 0 Å². The van der Waals surface area contributed by atoms with Crippen LogP contribution < -0.4 is 5.73 Å². The van der Waals surface area contributed by atoms with E-state index < -0.39 is 11.5 Å². The van der Waals surface area contributed by atoms with Gasteiger partial charge in [-0.15, -0.1) is 0 Å². The molecule has 1 rings (SSSR count). The molecule has 14 heavy (non-hydrogen) atoms. The first-order valence-corrected chi connectivity index (χ1v) is 4.79. The molecule has 1 unspecified atom stereocenters. The molecule has 1 atom stereocenters. The molecule has 0 saturated carbocycles. The van der Waals surface area contributed by atoms with Gasteiger partial charge in [0.2, 0.25) is 5.50 Å². The van der Waals surface area contributed by atoms with Crippen LogP contribution in [0.2, 0.25) is 0 Å².